The normalized spacial score (nSPS) is 14.5. The van der Waals surface area contributed by atoms with Crippen LogP contribution in [0.4, 0.5) is 0 Å². The monoisotopic (exact) mass is 308 g/mol. The number of esters is 1. The molecule has 0 aliphatic heterocycles. The summed E-state index contributed by atoms with van der Waals surface area (Å²) in [6, 6.07) is 0. The van der Waals surface area contributed by atoms with E-state index in [1.807, 2.05) is 6.08 Å². The van der Waals surface area contributed by atoms with Crippen LogP contribution in [0.15, 0.2) is 49.3 Å². The average Bonchev–Trinajstić information content (AvgIpc) is 2.49. The zero-order chi connectivity index (χ0) is 16.8. The van der Waals surface area contributed by atoms with Gasteiger partial charge in [0, 0.05) is 5.92 Å². The molecule has 0 bridgehead atoms. The van der Waals surface area contributed by atoms with Crippen molar-refractivity contribution in [3.8, 4) is 0 Å². The van der Waals surface area contributed by atoms with Crippen molar-refractivity contribution in [2.75, 3.05) is 6.61 Å². The Kier molecular flexibility index (Phi) is 11.8. The summed E-state index contributed by atoms with van der Waals surface area (Å²) in [5.41, 5.74) is 0. The number of unbranched alkanes of at least 4 members (excludes halogenated alkanes) is 3. The Labute approximate surface area is 133 Å². The van der Waals surface area contributed by atoms with Crippen molar-refractivity contribution in [2.45, 2.75) is 45.1 Å². The van der Waals surface area contributed by atoms with E-state index in [-0.39, 0.29) is 12.4 Å². The van der Waals surface area contributed by atoms with Gasteiger partial charge in [0.1, 0.15) is 12.4 Å². The zero-order valence-electron chi connectivity index (χ0n) is 13.4. The molecule has 22 heavy (non-hydrogen) atoms. The van der Waals surface area contributed by atoms with E-state index in [9.17, 15) is 15.0 Å². The number of carbonyl (C=O) groups excluding carboxylic acids is 1. The summed E-state index contributed by atoms with van der Waals surface area (Å²) in [7, 11) is 0. The molecule has 0 aliphatic carbocycles. The number of ether oxygens (including phenoxy) is 1. The maximum Gasteiger partial charge on any atom is 0.334 e. The third kappa shape index (κ3) is 9.19. The number of allylic oxidation sites excluding steroid dienone is 2. The first-order chi connectivity index (χ1) is 10.6. The standard InChI is InChI=1S/C18H28O4/c1-4-7-8-9-10-12-16(19)15(11-5-2)17(20)14-18(21)22-13-6-3/h5-6,10,12,14-16,19-20H,2-4,7-9,11,13H2,1H3/b12-10+,17-14-. The van der Waals surface area contributed by atoms with E-state index >= 15 is 0 Å². The maximum atomic E-state index is 11.4. The molecule has 0 aromatic heterocycles. The molecular weight excluding hydrogens is 280 g/mol. The van der Waals surface area contributed by atoms with Crippen LogP contribution in [0, 0.1) is 5.92 Å². The Hall–Kier alpha value is -1.81. The molecule has 2 unspecified atom stereocenters. The van der Waals surface area contributed by atoms with Gasteiger partial charge < -0.3 is 14.9 Å². The van der Waals surface area contributed by atoms with E-state index in [4.69, 9.17) is 4.74 Å². The van der Waals surface area contributed by atoms with Gasteiger partial charge in [-0.1, -0.05) is 50.6 Å². The van der Waals surface area contributed by atoms with Crippen LogP contribution in [0.25, 0.3) is 0 Å². The highest BCUT2D eigenvalue weighted by atomic mass is 16.5. The first-order valence-electron chi connectivity index (χ1n) is 7.70. The molecule has 4 heteroatoms. The molecule has 2 atom stereocenters. The lowest BCUT2D eigenvalue weighted by Gasteiger charge is -2.18. The Morgan fingerprint density at radius 1 is 1.27 bits per heavy atom. The Bertz CT molecular complexity index is 396. The van der Waals surface area contributed by atoms with Crippen molar-refractivity contribution < 1.29 is 19.7 Å². The highest BCUT2D eigenvalue weighted by molar-refractivity contribution is 5.82. The molecule has 0 saturated carbocycles. The van der Waals surface area contributed by atoms with Gasteiger partial charge in [-0.05, 0) is 19.3 Å². The third-order valence-electron chi connectivity index (χ3n) is 3.13. The molecule has 2 N–H and O–H groups in total. The van der Waals surface area contributed by atoms with E-state index in [1.54, 1.807) is 12.2 Å². The summed E-state index contributed by atoms with van der Waals surface area (Å²) in [4.78, 5) is 11.4. The molecule has 0 amide bonds. The molecule has 0 radical (unpaired) electrons. The first-order valence-corrected chi connectivity index (χ1v) is 7.70. The largest absolute Gasteiger partial charge is 0.512 e. The molecule has 0 fully saturated rings. The number of aliphatic hydroxyl groups excluding tert-OH is 2. The lowest BCUT2D eigenvalue weighted by Crippen LogP contribution is -2.21. The van der Waals surface area contributed by atoms with Crippen molar-refractivity contribution in [3.05, 3.63) is 49.3 Å². The zero-order valence-corrected chi connectivity index (χ0v) is 13.4. The number of aliphatic hydroxyl groups is 2. The molecule has 0 aliphatic rings. The van der Waals surface area contributed by atoms with Crippen LogP contribution < -0.4 is 0 Å². The molecular formula is C18H28O4. The topological polar surface area (TPSA) is 66.8 Å². The Morgan fingerprint density at radius 2 is 2.00 bits per heavy atom. The lowest BCUT2D eigenvalue weighted by atomic mass is 9.95. The summed E-state index contributed by atoms with van der Waals surface area (Å²) in [5, 5.41) is 20.2. The average molecular weight is 308 g/mol. The maximum absolute atomic E-state index is 11.4. The first kappa shape index (κ1) is 20.2. The van der Waals surface area contributed by atoms with Crippen LogP contribution in [0.5, 0.6) is 0 Å². The van der Waals surface area contributed by atoms with Crippen LogP contribution in [-0.2, 0) is 9.53 Å². The fourth-order valence-corrected chi connectivity index (χ4v) is 1.91. The second-order valence-corrected chi connectivity index (χ2v) is 5.03. The minimum Gasteiger partial charge on any atom is -0.512 e. The van der Waals surface area contributed by atoms with Gasteiger partial charge in [-0.3, -0.25) is 0 Å². The highest BCUT2D eigenvalue weighted by Gasteiger charge is 2.21. The van der Waals surface area contributed by atoms with Gasteiger partial charge in [0.05, 0.1) is 12.2 Å². The van der Waals surface area contributed by atoms with Gasteiger partial charge in [0.25, 0.3) is 0 Å². The Morgan fingerprint density at radius 3 is 2.59 bits per heavy atom. The number of hydrogen-bond acceptors (Lipinski definition) is 4. The van der Waals surface area contributed by atoms with Gasteiger partial charge in [-0.15, -0.1) is 6.58 Å². The summed E-state index contributed by atoms with van der Waals surface area (Å²) in [6.45, 7) is 9.26. The second kappa shape index (κ2) is 12.9. The van der Waals surface area contributed by atoms with Crippen LogP contribution >= 0.6 is 0 Å². The van der Waals surface area contributed by atoms with E-state index < -0.39 is 18.0 Å². The summed E-state index contributed by atoms with van der Waals surface area (Å²) in [6.07, 6.45) is 11.3. The predicted octanol–water partition coefficient (Wildman–Crippen LogP) is 3.85. The number of hydrogen-bond donors (Lipinski definition) is 2. The second-order valence-electron chi connectivity index (χ2n) is 5.03. The van der Waals surface area contributed by atoms with E-state index in [2.05, 4.69) is 20.1 Å². The smallest absolute Gasteiger partial charge is 0.334 e. The van der Waals surface area contributed by atoms with Crippen molar-refractivity contribution in [3.63, 3.8) is 0 Å². The highest BCUT2D eigenvalue weighted by Crippen LogP contribution is 2.19. The predicted molar refractivity (Wildman–Crippen MR) is 89.5 cm³/mol. The molecule has 0 heterocycles. The van der Waals surface area contributed by atoms with Crippen molar-refractivity contribution >= 4 is 5.97 Å². The van der Waals surface area contributed by atoms with Gasteiger partial charge in [-0.25, -0.2) is 4.79 Å². The van der Waals surface area contributed by atoms with Crippen molar-refractivity contribution in [1.29, 1.82) is 0 Å². The van der Waals surface area contributed by atoms with E-state index in [1.165, 1.54) is 6.08 Å². The minimum atomic E-state index is -0.872. The minimum absolute atomic E-state index is 0.0780. The molecule has 0 aromatic carbocycles. The van der Waals surface area contributed by atoms with Gasteiger partial charge in [-0.2, -0.15) is 0 Å². The quantitative estimate of drug-likeness (QED) is 0.189. The third-order valence-corrected chi connectivity index (χ3v) is 3.13. The summed E-state index contributed by atoms with van der Waals surface area (Å²) < 4.78 is 4.78. The molecule has 124 valence electrons. The fourth-order valence-electron chi connectivity index (χ4n) is 1.91. The fraction of sp³-hybridized carbons (Fsp3) is 0.500. The summed E-state index contributed by atoms with van der Waals surface area (Å²) in [5.74, 6) is -1.47. The Balaban J connectivity index is 4.66. The van der Waals surface area contributed by atoms with Crippen molar-refractivity contribution in [1.82, 2.24) is 0 Å². The molecule has 0 spiro atoms. The van der Waals surface area contributed by atoms with Gasteiger partial charge in [0.15, 0.2) is 0 Å². The van der Waals surface area contributed by atoms with Gasteiger partial charge >= 0.3 is 5.97 Å². The van der Waals surface area contributed by atoms with Crippen molar-refractivity contribution in [2.24, 2.45) is 5.92 Å². The number of carbonyl (C=O) groups is 1. The SMILES string of the molecule is C=CCOC(=O)/C=C(\O)C(CC=C)C(O)/C=C/CCCCC. The van der Waals surface area contributed by atoms with E-state index in [0.717, 1.165) is 31.8 Å². The molecule has 0 rings (SSSR count). The summed E-state index contributed by atoms with van der Waals surface area (Å²) >= 11 is 0. The van der Waals surface area contributed by atoms with Crippen LogP contribution in [-0.4, -0.2) is 28.9 Å². The molecule has 0 aromatic rings. The van der Waals surface area contributed by atoms with Gasteiger partial charge in [0.2, 0.25) is 0 Å². The van der Waals surface area contributed by atoms with Crippen LogP contribution in [0.1, 0.15) is 39.0 Å². The van der Waals surface area contributed by atoms with E-state index in [0.29, 0.717) is 6.42 Å². The molecule has 4 nitrogen and oxygen atoms in total. The molecule has 0 saturated heterocycles. The number of rotatable bonds is 12. The van der Waals surface area contributed by atoms with Crippen LogP contribution in [0.2, 0.25) is 0 Å². The van der Waals surface area contributed by atoms with Crippen LogP contribution in [0.3, 0.4) is 0 Å². The lowest BCUT2D eigenvalue weighted by molar-refractivity contribution is -0.136.